The molecule has 1 amide bonds. The monoisotopic (exact) mass is 359 g/mol. The number of amides is 1. The Labute approximate surface area is 150 Å². The molecule has 26 heavy (non-hydrogen) atoms. The summed E-state index contributed by atoms with van der Waals surface area (Å²) in [6.07, 6.45) is 1.95. The maximum Gasteiger partial charge on any atom is 0.335 e. The fourth-order valence-corrected chi connectivity index (χ4v) is 2.91. The summed E-state index contributed by atoms with van der Waals surface area (Å²) < 4.78 is 13.0. The van der Waals surface area contributed by atoms with Crippen LogP contribution in [0.1, 0.15) is 32.8 Å². The van der Waals surface area contributed by atoms with Gasteiger partial charge in [0, 0.05) is 19.9 Å². The maximum atomic E-state index is 12.5. The highest BCUT2D eigenvalue weighted by Gasteiger charge is 2.30. The van der Waals surface area contributed by atoms with E-state index in [0.717, 1.165) is 0 Å². The van der Waals surface area contributed by atoms with Crippen LogP contribution in [-0.4, -0.2) is 52.1 Å². The lowest BCUT2D eigenvalue weighted by molar-refractivity contribution is -0.0135. The Bertz CT molecular complexity index is 800. The number of nitrogens with zero attached hydrogens (tertiary/aromatic N) is 2. The molecule has 8 heteroatoms. The number of hydrogen-bond donors (Lipinski definition) is 2. The number of benzene rings is 1. The second-order valence-electron chi connectivity index (χ2n) is 6.23. The van der Waals surface area contributed by atoms with Crippen molar-refractivity contribution in [1.82, 2.24) is 15.1 Å². The van der Waals surface area contributed by atoms with E-state index in [4.69, 9.17) is 14.6 Å². The highest BCUT2D eigenvalue weighted by Crippen LogP contribution is 2.19. The molecule has 1 aromatic carbocycles. The summed E-state index contributed by atoms with van der Waals surface area (Å²) in [6.45, 7) is 2.67. The third-order valence-electron chi connectivity index (χ3n) is 4.27. The van der Waals surface area contributed by atoms with Gasteiger partial charge in [-0.3, -0.25) is 9.48 Å². The van der Waals surface area contributed by atoms with Crippen LogP contribution in [0.3, 0.4) is 0 Å². The van der Waals surface area contributed by atoms with E-state index in [2.05, 4.69) is 10.4 Å². The second-order valence-corrected chi connectivity index (χ2v) is 6.23. The first kappa shape index (κ1) is 17.9. The zero-order valence-electron chi connectivity index (χ0n) is 14.6. The number of hydrogen-bond acceptors (Lipinski definition) is 5. The summed E-state index contributed by atoms with van der Waals surface area (Å²) >= 11 is 0. The van der Waals surface area contributed by atoms with Crippen LogP contribution >= 0.6 is 0 Å². The van der Waals surface area contributed by atoms with Crippen LogP contribution in [0.25, 0.3) is 0 Å². The van der Waals surface area contributed by atoms with Crippen molar-refractivity contribution in [2.75, 3.05) is 13.2 Å². The van der Waals surface area contributed by atoms with Crippen molar-refractivity contribution in [2.45, 2.75) is 25.5 Å². The molecular formula is C18H21N3O5. The third kappa shape index (κ3) is 4.02. The Hall–Kier alpha value is -2.87. The summed E-state index contributed by atoms with van der Waals surface area (Å²) in [6, 6.07) is 5.95. The van der Waals surface area contributed by atoms with Crippen molar-refractivity contribution in [2.24, 2.45) is 7.05 Å². The molecule has 0 spiro atoms. The molecular weight excluding hydrogens is 338 g/mol. The molecule has 1 aromatic heterocycles. The molecule has 8 nitrogen and oxygen atoms in total. The number of aromatic nitrogens is 2. The Kier molecular flexibility index (Phi) is 5.22. The lowest BCUT2D eigenvalue weighted by atomic mass is 10.1. The molecule has 1 aliphatic rings. The largest absolute Gasteiger partial charge is 0.486 e. The predicted molar refractivity (Wildman–Crippen MR) is 92.5 cm³/mol. The fraction of sp³-hybridized carbons (Fsp3) is 0.389. The van der Waals surface area contributed by atoms with Gasteiger partial charge < -0.3 is 19.9 Å². The highest BCUT2D eigenvalue weighted by atomic mass is 16.5. The van der Waals surface area contributed by atoms with E-state index in [-0.39, 0.29) is 23.6 Å². The Morgan fingerprint density at radius 2 is 2.08 bits per heavy atom. The molecule has 2 heterocycles. The predicted octanol–water partition coefficient (Wildman–Crippen LogP) is 1.39. The van der Waals surface area contributed by atoms with Gasteiger partial charge in [-0.1, -0.05) is 0 Å². The molecule has 3 rings (SSSR count). The van der Waals surface area contributed by atoms with Gasteiger partial charge >= 0.3 is 5.97 Å². The van der Waals surface area contributed by atoms with Gasteiger partial charge in [-0.15, -0.1) is 0 Å². The fourth-order valence-electron chi connectivity index (χ4n) is 2.91. The average Bonchev–Trinajstić information content (AvgIpc) is 2.95. The van der Waals surface area contributed by atoms with Crippen molar-refractivity contribution in [3.8, 4) is 5.75 Å². The van der Waals surface area contributed by atoms with Crippen molar-refractivity contribution in [3.05, 3.63) is 47.3 Å². The quantitative estimate of drug-likeness (QED) is 0.836. The molecule has 2 N–H and O–H groups in total. The average molecular weight is 359 g/mol. The van der Waals surface area contributed by atoms with E-state index in [0.29, 0.717) is 36.6 Å². The Morgan fingerprint density at radius 3 is 2.69 bits per heavy atom. The van der Waals surface area contributed by atoms with Crippen molar-refractivity contribution in [3.63, 3.8) is 0 Å². The van der Waals surface area contributed by atoms with Gasteiger partial charge in [0.1, 0.15) is 11.9 Å². The number of carboxylic acid groups (broad SMARTS) is 1. The first-order chi connectivity index (χ1) is 12.4. The minimum atomic E-state index is -0.991. The van der Waals surface area contributed by atoms with Crippen LogP contribution in [-0.2, 0) is 11.8 Å². The van der Waals surface area contributed by atoms with Crippen molar-refractivity contribution >= 4 is 11.9 Å². The van der Waals surface area contributed by atoms with E-state index in [1.807, 2.05) is 0 Å². The molecule has 0 radical (unpaired) electrons. The van der Waals surface area contributed by atoms with E-state index >= 15 is 0 Å². The molecule has 0 aliphatic carbocycles. The summed E-state index contributed by atoms with van der Waals surface area (Å²) in [5.41, 5.74) is 1.39. The van der Waals surface area contributed by atoms with E-state index < -0.39 is 5.97 Å². The van der Waals surface area contributed by atoms with Gasteiger partial charge in [-0.05, 0) is 37.6 Å². The number of carbonyl (C=O) groups excluding carboxylic acids is 1. The lowest BCUT2D eigenvalue weighted by Gasteiger charge is -2.32. The molecule has 2 aromatic rings. The topological polar surface area (TPSA) is 103 Å². The van der Waals surface area contributed by atoms with Crippen LogP contribution in [0.15, 0.2) is 30.5 Å². The van der Waals surface area contributed by atoms with Crippen LogP contribution in [0.2, 0.25) is 0 Å². The number of nitrogens with one attached hydrogen (secondary N) is 1. The van der Waals surface area contributed by atoms with E-state index in [1.54, 1.807) is 37.0 Å². The highest BCUT2D eigenvalue weighted by molar-refractivity contribution is 5.95. The Morgan fingerprint density at radius 1 is 1.35 bits per heavy atom. The summed E-state index contributed by atoms with van der Waals surface area (Å²) in [4.78, 5) is 23.5. The molecule has 2 unspecified atom stereocenters. The molecule has 0 saturated carbocycles. The molecule has 0 bridgehead atoms. The van der Waals surface area contributed by atoms with Gasteiger partial charge in [0.2, 0.25) is 0 Å². The second kappa shape index (κ2) is 7.57. The van der Waals surface area contributed by atoms with Crippen molar-refractivity contribution < 1.29 is 24.2 Å². The summed E-state index contributed by atoms with van der Waals surface area (Å²) in [7, 11) is 1.77. The maximum absolute atomic E-state index is 12.5. The van der Waals surface area contributed by atoms with Gasteiger partial charge in [0.05, 0.1) is 29.5 Å². The normalized spacial score (nSPS) is 19.8. The minimum Gasteiger partial charge on any atom is -0.486 e. The van der Waals surface area contributed by atoms with E-state index in [9.17, 15) is 9.59 Å². The molecule has 1 fully saturated rings. The first-order valence-corrected chi connectivity index (χ1v) is 8.33. The summed E-state index contributed by atoms with van der Waals surface area (Å²) in [5, 5.41) is 16.1. The smallest absolute Gasteiger partial charge is 0.335 e. The lowest BCUT2D eigenvalue weighted by Crippen LogP contribution is -2.51. The number of carbonyl (C=O) groups is 2. The number of carboxylic acids is 1. The van der Waals surface area contributed by atoms with Crippen LogP contribution in [0.5, 0.6) is 5.75 Å². The number of aryl methyl sites for hydroxylation is 2. The minimum absolute atomic E-state index is 0.189. The Balaban J connectivity index is 1.68. The number of ether oxygens (including phenoxy) is 2. The van der Waals surface area contributed by atoms with Crippen LogP contribution < -0.4 is 10.1 Å². The zero-order chi connectivity index (χ0) is 18.7. The van der Waals surface area contributed by atoms with E-state index in [1.165, 1.54) is 12.1 Å². The van der Waals surface area contributed by atoms with Gasteiger partial charge in [-0.2, -0.15) is 5.10 Å². The van der Waals surface area contributed by atoms with Gasteiger partial charge in [0.25, 0.3) is 5.91 Å². The molecule has 2 atom stereocenters. The SMILES string of the molecule is Cc1nn(C)cc1C(=O)NC1CCOCC1Oc1ccc(C(=O)O)cc1. The van der Waals surface area contributed by atoms with Crippen LogP contribution in [0, 0.1) is 6.92 Å². The van der Waals surface area contributed by atoms with Gasteiger partial charge in [-0.25, -0.2) is 4.79 Å². The number of aromatic carboxylic acids is 1. The summed E-state index contributed by atoms with van der Waals surface area (Å²) in [5.74, 6) is -0.658. The standard InChI is InChI=1S/C18H21N3O5/c1-11-14(9-21(2)20-11)17(22)19-15-7-8-25-10-16(15)26-13-5-3-12(4-6-13)18(23)24/h3-6,9,15-16H,7-8,10H2,1-2H3,(H,19,22)(H,23,24). The van der Waals surface area contributed by atoms with Crippen molar-refractivity contribution in [1.29, 1.82) is 0 Å². The zero-order valence-corrected chi connectivity index (χ0v) is 14.6. The number of rotatable bonds is 5. The van der Waals surface area contributed by atoms with Gasteiger partial charge in [0.15, 0.2) is 0 Å². The first-order valence-electron chi connectivity index (χ1n) is 8.33. The molecule has 138 valence electrons. The molecule has 1 aliphatic heterocycles. The third-order valence-corrected chi connectivity index (χ3v) is 4.27. The van der Waals surface area contributed by atoms with Crippen LogP contribution in [0.4, 0.5) is 0 Å². The molecule has 1 saturated heterocycles.